The van der Waals surface area contributed by atoms with Gasteiger partial charge in [-0.25, -0.2) is 0 Å². The lowest BCUT2D eigenvalue weighted by atomic mass is 10.1. The van der Waals surface area contributed by atoms with Crippen LogP contribution in [0.1, 0.15) is 130 Å². The van der Waals surface area contributed by atoms with Gasteiger partial charge >= 0.3 is 15.6 Å². The van der Waals surface area contributed by atoms with Gasteiger partial charge in [0.05, 0.1) is 26.2 Å². The topological polar surface area (TPSA) is 54.4 Å². The molecule has 0 spiro atoms. The number of halogens is 3. The largest absolute Gasteiger partial charge is 0.522 e. The number of unbranched alkanes of at least 4 members (excludes halogenated alkanes) is 12. The van der Waals surface area contributed by atoms with E-state index in [1.165, 1.54) is 133 Å². The summed E-state index contributed by atoms with van der Waals surface area (Å²) in [6.07, 6.45) is 22.8. The highest BCUT2D eigenvalue weighted by molar-refractivity contribution is 7.86. The van der Waals surface area contributed by atoms with Gasteiger partial charge in [-0.05, 0) is 51.4 Å². The first-order valence-corrected chi connectivity index (χ1v) is 14.8. The van der Waals surface area contributed by atoms with Crippen molar-refractivity contribution in [2.45, 2.75) is 136 Å². The smallest absolute Gasteiger partial charge is 0.324 e. The molecule has 0 unspecified atom stereocenters. The SMILES string of the molecule is CCCCCC[N+](CCCCCC)(CCCCCC)CCCCCC.O=S(=O)(O)C(F)(F)F. The summed E-state index contributed by atoms with van der Waals surface area (Å²) in [5.74, 6) is 0. The zero-order valence-corrected chi connectivity index (χ0v) is 22.7. The molecule has 0 saturated carbocycles. The van der Waals surface area contributed by atoms with Crippen molar-refractivity contribution < 1.29 is 30.6 Å². The van der Waals surface area contributed by atoms with E-state index in [2.05, 4.69) is 27.7 Å². The molecule has 0 heterocycles. The van der Waals surface area contributed by atoms with Gasteiger partial charge in [0.15, 0.2) is 0 Å². The molecule has 1 N–H and O–H groups in total. The zero-order valence-electron chi connectivity index (χ0n) is 21.9. The monoisotopic (exact) mass is 504 g/mol. The molecule has 33 heavy (non-hydrogen) atoms. The van der Waals surface area contributed by atoms with Crippen molar-refractivity contribution in [3.63, 3.8) is 0 Å². The Kier molecular flexibility index (Phi) is 22.1. The maximum atomic E-state index is 10.7. The summed E-state index contributed by atoms with van der Waals surface area (Å²) in [5.41, 5.74) is -5.53. The predicted octanol–water partition coefficient (Wildman–Crippen LogP) is 8.52. The third-order valence-electron chi connectivity index (χ3n) is 6.24. The Morgan fingerprint density at radius 3 is 0.909 bits per heavy atom. The van der Waals surface area contributed by atoms with E-state index in [1.54, 1.807) is 0 Å². The Hall–Kier alpha value is -0.340. The Morgan fingerprint density at radius 2 is 0.758 bits per heavy atom. The van der Waals surface area contributed by atoms with Crippen LogP contribution in [0.3, 0.4) is 0 Å². The van der Waals surface area contributed by atoms with Crippen molar-refractivity contribution in [1.29, 1.82) is 0 Å². The van der Waals surface area contributed by atoms with Crippen LogP contribution in [0, 0.1) is 0 Å². The molecule has 0 radical (unpaired) electrons. The molecule has 0 bridgehead atoms. The molecule has 8 heteroatoms. The van der Waals surface area contributed by atoms with Crippen molar-refractivity contribution in [3.8, 4) is 0 Å². The molecule has 0 rings (SSSR count). The highest BCUT2D eigenvalue weighted by Gasteiger charge is 2.44. The van der Waals surface area contributed by atoms with Crippen molar-refractivity contribution in [2.75, 3.05) is 26.2 Å². The molecule has 4 nitrogen and oxygen atoms in total. The molecule has 0 aliphatic rings. The summed E-state index contributed by atoms with van der Waals surface area (Å²) in [4.78, 5) is 0. The first-order chi connectivity index (χ1) is 15.5. The molecule has 202 valence electrons. The van der Waals surface area contributed by atoms with Crippen molar-refractivity contribution in [3.05, 3.63) is 0 Å². The first-order valence-electron chi connectivity index (χ1n) is 13.4. The van der Waals surface area contributed by atoms with Crippen LogP contribution in [0.5, 0.6) is 0 Å². The van der Waals surface area contributed by atoms with Crippen LogP contribution in [0.4, 0.5) is 13.2 Å². The van der Waals surface area contributed by atoms with Gasteiger partial charge in [-0.15, -0.1) is 0 Å². The number of hydrogen-bond donors (Lipinski definition) is 1. The Balaban J connectivity index is 0. The lowest BCUT2D eigenvalue weighted by molar-refractivity contribution is -0.929. The number of hydrogen-bond acceptors (Lipinski definition) is 2. The molecule has 0 aliphatic carbocycles. The number of alkyl halides is 3. The van der Waals surface area contributed by atoms with Crippen LogP contribution in [0.25, 0.3) is 0 Å². The average Bonchev–Trinajstić information content (AvgIpc) is 2.74. The van der Waals surface area contributed by atoms with E-state index in [0.717, 1.165) is 0 Å². The highest BCUT2D eigenvalue weighted by atomic mass is 32.2. The van der Waals surface area contributed by atoms with Crippen molar-refractivity contribution in [1.82, 2.24) is 0 Å². The van der Waals surface area contributed by atoms with Gasteiger partial charge in [-0.3, -0.25) is 4.55 Å². The summed E-state index contributed by atoms with van der Waals surface area (Å²) in [5, 5.41) is 0. The van der Waals surface area contributed by atoms with Gasteiger partial charge in [-0.2, -0.15) is 21.6 Å². The minimum absolute atomic E-state index is 1.36. The summed E-state index contributed by atoms with van der Waals surface area (Å²) in [6, 6.07) is 0. The maximum absolute atomic E-state index is 10.7. The second-order valence-corrected chi connectivity index (χ2v) is 10.8. The van der Waals surface area contributed by atoms with Gasteiger partial charge in [0.1, 0.15) is 0 Å². The van der Waals surface area contributed by atoms with Gasteiger partial charge < -0.3 is 4.48 Å². The summed E-state index contributed by atoms with van der Waals surface area (Å²) < 4.78 is 59.0. The Labute approximate surface area is 203 Å². The number of nitrogens with zero attached hydrogens (tertiary/aromatic N) is 1. The maximum Gasteiger partial charge on any atom is 0.522 e. The van der Waals surface area contributed by atoms with E-state index >= 15 is 0 Å². The Bertz CT molecular complexity index is 472. The van der Waals surface area contributed by atoms with Gasteiger partial charge in [0.2, 0.25) is 0 Å². The molecular formula is C25H53F3NO3S+. The number of rotatable bonds is 20. The average molecular weight is 505 g/mol. The van der Waals surface area contributed by atoms with E-state index in [-0.39, 0.29) is 0 Å². The van der Waals surface area contributed by atoms with Crippen molar-refractivity contribution >= 4 is 10.1 Å². The molecule has 0 aromatic rings. The summed E-state index contributed by atoms with van der Waals surface area (Å²) in [6.45, 7) is 15.2. The van der Waals surface area contributed by atoms with Crippen molar-refractivity contribution in [2.24, 2.45) is 0 Å². The van der Waals surface area contributed by atoms with Crippen LogP contribution < -0.4 is 0 Å². The number of quaternary nitrogens is 1. The molecule has 0 amide bonds. The van der Waals surface area contributed by atoms with Gasteiger partial charge in [-0.1, -0.05) is 79.1 Å². The minimum atomic E-state index is -5.84. The van der Waals surface area contributed by atoms with Crippen LogP contribution in [0.2, 0.25) is 0 Å². The quantitative estimate of drug-likeness (QED) is 0.0782. The van der Waals surface area contributed by atoms with E-state index in [0.29, 0.717) is 0 Å². The highest BCUT2D eigenvalue weighted by Crippen LogP contribution is 2.21. The fourth-order valence-corrected chi connectivity index (χ4v) is 4.17. The van der Waals surface area contributed by atoms with E-state index in [1.807, 2.05) is 0 Å². The second-order valence-electron chi connectivity index (χ2n) is 9.40. The molecule has 0 atom stereocenters. The Morgan fingerprint density at radius 1 is 0.545 bits per heavy atom. The first kappa shape index (κ1) is 34.8. The van der Waals surface area contributed by atoms with Gasteiger partial charge in [0.25, 0.3) is 0 Å². The normalized spacial score (nSPS) is 12.5. The van der Waals surface area contributed by atoms with Crippen LogP contribution in [0.15, 0.2) is 0 Å². The summed E-state index contributed by atoms with van der Waals surface area (Å²) in [7, 11) is -5.84. The van der Waals surface area contributed by atoms with E-state index in [9.17, 15) is 13.2 Å². The standard InChI is InChI=1S/C24H52N.CHF3O3S/c1-5-9-13-17-21-25(22-18-14-10-6-2,23-19-15-11-7-3)24-20-16-12-8-4;2-1(3,4)8(5,6)7/h5-24H2,1-4H3;(H,5,6,7)/q+1;. The second kappa shape index (κ2) is 21.0. The zero-order chi connectivity index (χ0) is 25.6. The third-order valence-corrected chi connectivity index (χ3v) is 6.82. The molecule has 0 aromatic heterocycles. The summed E-state index contributed by atoms with van der Waals surface area (Å²) >= 11 is 0. The van der Waals surface area contributed by atoms with Crippen LogP contribution in [-0.4, -0.2) is 49.1 Å². The lowest BCUT2D eigenvalue weighted by Crippen LogP contribution is -2.50. The third kappa shape index (κ3) is 20.7. The fourth-order valence-electron chi connectivity index (χ4n) is 4.17. The molecule has 0 fully saturated rings. The molecule has 0 aliphatic heterocycles. The van der Waals surface area contributed by atoms with Crippen LogP contribution >= 0.6 is 0 Å². The molecular weight excluding hydrogens is 451 g/mol. The lowest BCUT2D eigenvalue weighted by Gasteiger charge is -2.39. The van der Waals surface area contributed by atoms with Crippen LogP contribution in [-0.2, 0) is 10.1 Å². The molecule has 0 saturated heterocycles. The van der Waals surface area contributed by atoms with E-state index in [4.69, 9.17) is 13.0 Å². The van der Waals surface area contributed by atoms with Gasteiger partial charge in [0, 0.05) is 0 Å². The molecule has 0 aromatic carbocycles. The minimum Gasteiger partial charge on any atom is -0.324 e. The van der Waals surface area contributed by atoms with E-state index < -0.39 is 15.6 Å². The predicted molar refractivity (Wildman–Crippen MR) is 134 cm³/mol. The fraction of sp³-hybridized carbons (Fsp3) is 1.00.